The lowest BCUT2D eigenvalue weighted by Crippen LogP contribution is -2.67. The van der Waals surface area contributed by atoms with Gasteiger partial charge in [0, 0.05) is 11.8 Å². The predicted molar refractivity (Wildman–Crippen MR) is 138 cm³/mol. The van der Waals surface area contributed by atoms with Gasteiger partial charge >= 0.3 is 5.97 Å². The Hall–Kier alpha value is -1.26. The molecule has 0 radical (unpaired) electrons. The van der Waals surface area contributed by atoms with Gasteiger partial charge in [0.1, 0.15) is 6.10 Å². The van der Waals surface area contributed by atoms with Crippen LogP contribution in [0.5, 0.6) is 0 Å². The molecule has 1 N–H and O–H groups in total. The summed E-state index contributed by atoms with van der Waals surface area (Å²) >= 11 is 0. The molecule has 0 bridgehead atoms. The third-order valence-electron chi connectivity index (χ3n) is 11.6. The maximum Gasteiger partial charge on any atom is 0.302 e. The van der Waals surface area contributed by atoms with Crippen molar-refractivity contribution in [2.24, 2.45) is 51.5 Å². The molecule has 0 heterocycles. The van der Waals surface area contributed by atoms with Gasteiger partial charge in [0.05, 0.1) is 11.6 Å². The lowest BCUT2D eigenvalue weighted by Gasteiger charge is -2.66. The van der Waals surface area contributed by atoms with E-state index in [1.165, 1.54) is 45.4 Å². The van der Waals surface area contributed by atoms with Gasteiger partial charge in [-0.1, -0.05) is 59.0 Å². The Morgan fingerprint density at radius 1 is 1.11 bits per heavy atom. The van der Waals surface area contributed by atoms with Gasteiger partial charge in [0.2, 0.25) is 0 Å². The van der Waals surface area contributed by atoms with E-state index >= 15 is 0 Å². The Balaban J connectivity index is 1.58. The molecule has 4 fully saturated rings. The van der Waals surface area contributed by atoms with Crippen molar-refractivity contribution >= 4 is 5.97 Å². The van der Waals surface area contributed by atoms with Crippen LogP contribution in [0.1, 0.15) is 112 Å². The molecular formula is C29H49N3O3. The van der Waals surface area contributed by atoms with Crippen LogP contribution in [0.3, 0.4) is 0 Å². The number of hydrogen-bond donors (Lipinski definition) is 1. The van der Waals surface area contributed by atoms with Crippen LogP contribution in [0.25, 0.3) is 10.4 Å². The van der Waals surface area contributed by atoms with Crippen molar-refractivity contribution in [3.63, 3.8) is 0 Å². The molecule has 4 saturated carbocycles. The van der Waals surface area contributed by atoms with Crippen LogP contribution in [-0.4, -0.2) is 28.8 Å². The van der Waals surface area contributed by atoms with Gasteiger partial charge in [-0.05, 0) is 103 Å². The number of aliphatic hydroxyl groups is 1. The lowest BCUT2D eigenvalue weighted by molar-refractivity contribution is -0.192. The number of hydrogen-bond acceptors (Lipinski definition) is 4. The highest BCUT2D eigenvalue weighted by Crippen LogP contribution is 2.70. The van der Waals surface area contributed by atoms with Crippen LogP contribution in [0, 0.1) is 46.3 Å². The molecule has 6 nitrogen and oxygen atoms in total. The van der Waals surface area contributed by atoms with E-state index in [4.69, 9.17) is 4.74 Å². The quantitative estimate of drug-likeness (QED) is 0.175. The Morgan fingerprint density at radius 3 is 2.51 bits per heavy atom. The second kappa shape index (κ2) is 9.89. The molecule has 0 aromatic carbocycles. The van der Waals surface area contributed by atoms with Crippen LogP contribution < -0.4 is 0 Å². The molecule has 0 amide bonds. The van der Waals surface area contributed by atoms with E-state index in [1.54, 1.807) is 0 Å². The summed E-state index contributed by atoms with van der Waals surface area (Å²) in [7, 11) is 0. The predicted octanol–water partition coefficient (Wildman–Crippen LogP) is 7.44. The molecule has 1 unspecified atom stereocenters. The zero-order chi connectivity index (χ0) is 25.6. The minimum atomic E-state index is -0.892. The molecule has 0 spiro atoms. The normalized spacial score (nSPS) is 45.6. The van der Waals surface area contributed by atoms with E-state index in [0.717, 1.165) is 37.0 Å². The third kappa shape index (κ3) is 4.41. The van der Waals surface area contributed by atoms with Gasteiger partial charge in [-0.25, -0.2) is 0 Å². The standard InChI is InChI=1S/C29H49N3O3/c1-18(2)8-7-9-19(3)23-10-11-24-22-16-26(34)29(31-32-30)17-21(35-20(4)33)12-15-28(29,6)25(22)13-14-27(23,24)5/h18-19,21-26,34H,7-17H2,1-6H3/t19-,21+,22+,23-,24+,25+,26-,27-,28-,29?/m1/s1. The molecule has 35 heavy (non-hydrogen) atoms. The van der Waals surface area contributed by atoms with Crippen LogP contribution in [0.4, 0.5) is 0 Å². The second-order valence-corrected chi connectivity index (χ2v) is 13.7. The summed E-state index contributed by atoms with van der Waals surface area (Å²) in [4.78, 5) is 14.9. The fraction of sp³-hybridized carbons (Fsp3) is 0.966. The molecule has 0 aromatic rings. The Bertz CT molecular complexity index is 841. The minimum Gasteiger partial charge on any atom is -0.463 e. The summed E-state index contributed by atoms with van der Waals surface area (Å²) in [5.74, 6) is 3.57. The van der Waals surface area contributed by atoms with E-state index in [-0.39, 0.29) is 17.5 Å². The number of aliphatic hydroxyl groups excluding tert-OH is 1. The van der Waals surface area contributed by atoms with Gasteiger partial charge in [0.15, 0.2) is 0 Å². The van der Waals surface area contributed by atoms with Gasteiger partial charge < -0.3 is 9.84 Å². The molecule has 0 aliphatic heterocycles. The molecule has 4 aliphatic carbocycles. The van der Waals surface area contributed by atoms with Gasteiger partial charge in [-0.3, -0.25) is 4.79 Å². The van der Waals surface area contributed by atoms with Crippen LogP contribution >= 0.6 is 0 Å². The van der Waals surface area contributed by atoms with Crippen molar-refractivity contribution in [3.05, 3.63) is 10.4 Å². The monoisotopic (exact) mass is 487 g/mol. The SMILES string of the molecule is CC(=O)O[C@H]1CC[C@]2(C)[C@H]3CC[C@]4(C)[C@@H]([C@H](C)CCCC(C)C)CC[C@H]4[C@@H]3C[C@@H](O)C2(N=[N+]=[N-])C1. The van der Waals surface area contributed by atoms with E-state index in [1.807, 2.05) is 0 Å². The number of nitrogens with zero attached hydrogens (tertiary/aromatic N) is 3. The van der Waals surface area contributed by atoms with Crippen molar-refractivity contribution < 1.29 is 14.6 Å². The van der Waals surface area contributed by atoms with Crippen molar-refractivity contribution in [2.45, 2.75) is 130 Å². The molecule has 10 atom stereocenters. The summed E-state index contributed by atoms with van der Waals surface area (Å²) < 4.78 is 5.58. The number of azide groups is 1. The Kier molecular flexibility index (Phi) is 7.57. The number of carbonyl (C=O) groups is 1. The second-order valence-electron chi connectivity index (χ2n) is 13.7. The molecule has 0 aromatic heterocycles. The summed E-state index contributed by atoms with van der Waals surface area (Å²) in [5.41, 5.74) is 8.77. The number of esters is 1. The summed E-state index contributed by atoms with van der Waals surface area (Å²) in [6, 6.07) is 0. The number of fused-ring (bicyclic) bond motifs is 5. The summed E-state index contributed by atoms with van der Waals surface area (Å²) in [6.07, 6.45) is 10.8. The maximum atomic E-state index is 11.7. The largest absolute Gasteiger partial charge is 0.463 e. The maximum absolute atomic E-state index is 11.7. The molecule has 0 saturated heterocycles. The zero-order valence-electron chi connectivity index (χ0n) is 23.0. The van der Waals surface area contributed by atoms with Crippen molar-refractivity contribution in [3.8, 4) is 0 Å². The number of ether oxygens (including phenoxy) is 1. The fourth-order valence-corrected chi connectivity index (χ4v) is 9.90. The molecule has 6 heteroatoms. The average Bonchev–Trinajstić information content (AvgIpc) is 3.12. The smallest absolute Gasteiger partial charge is 0.302 e. The Morgan fingerprint density at radius 2 is 1.86 bits per heavy atom. The fourth-order valence-electron chi connectivity index (χ4n) is 9.90. The zero-order valence-corrected chi connectivity index (χ0v) is 23.0. The van der Waals surface area contributed by atoms with Crippen molar-refractivity contribution in [1.82, 2.24) is 0 Å². The summed E-state index contributed by atoms with van der Waals surface area (Å²) in [6.45, 7) is 13.4. The molecule has 198 valence electrons. The van der Waals surface area contributed by atoms with E-state index in [0.29, 0.717) is 36.0 Å². The first-order valence-electron chi connectivity index (χ1n) is 14.4. The first kappa shape index (κ1) is 26.8. The number of carbonyl (C=O) groups excluding carboxylic acids is 1. The molecule has 4 aliphatic rings. The third-order valence-corrected chi connectivity index (χ3v) is 11.6. The summed E-state index contributed by atoms with van der Waals surface area (Å²) in [5, 5.41) is 16.1. The van der Waals surface area contributed by atoms with E-state index in [9.17, 15) is 15.4 Å². The Labute approximate surface area is 212 Å². The van der Waals surface area contributed by atoms with E-state index in [2.05, 4.69) is 44.6 Å². The lowest BCUT2D eigenvalue weighted by atomic mass is 9.41. The van der Waals surface area contributed by atoms with Crippen LogP contribution in [0.2, 0.25) is 0 Å². The van der Waals surface area contributed by atoms with Gasteiger partial charge in [-0.15, -0.1) is 0 Å². The van der Waals surface area contributed by atoms with Crippen molar-refractivity contribution in [2.75, 3.05) is 0 Å². The van der Waals surface area contributed by atoms with Gasteiger partial charge in [-0.2, -0.15) is 0 Å². The van der Waals surface area contributed by atoms with E-state index < -0.39 is 11.6 Å². The average molecular weight is 488 g/mol. The first-order chi connectivity index (χ1) is 16.5. The first-order valence-corrected chi connectivity index (χ1v) is 14.4. The molecular weight excluding hydrogens is 438 g/mol. The molecule has 4 rings (SSSR count). The van der Waals surface area contributed by atoms with Crippen LogP contribution in [-0.2, 0) is 9.53 Å². The minimum absolute atomic E-state index is 0.263. The highest BCUT2D eigenvalue weighted by Gasteiger charge is 2.68. The van der Waals surface area contributed by atoms with Gasteiger partial charge in [0.25, 0.3) is 0 Å². The number of rotatable bonds is 7. The highest BCUT2D eigenvalue weighted by molar-refractivity contribution is 5.66. The highest BCUT2D eigenvalue weighted by atomic mass is 16.5. The van der Waals surface area contributed by atoms with Crippen LogP contribution in [0.15, 0.2) is 5.11 Å². The van der Waals surface area contributed by atoms with Crippen molar-refractivity contribution in [1.29, 1.82) is 0 Å². The topological polar surface area (TPSA) is 95.3 Å².